The first-order chi connectivity index (χ1) is 17.2. The van der Waals surface area contributed by atoms with E-state index in [0.717, 1.165) is 36.2 Å². The minimum Gasteiger partial charge on any atom is -0.491 e. The quantitative estimate of drug-likeness (QED) is 0.321. The van der Waals surface area contributed by atoms with Crippen molar-refractivity contribution in [2.45, 2.75) is 92.2 Å². The van der Waals surface area contributed by atoms with Gasteiger partial charge in [0.25, 0.3) is 0 Å². The van der Waals surface area contributed by atoms with Crippen molar-refractivity contribution in [2.24, 2.45) is 10.8 Å². The van der Waals surface area contributed by atoms with Crippen molar-refractivity contribution >= 4 is 28.6 Å². The van der Waals surface area contributed by atoms with Crippen molar-refractivity contribution in [1.29, 1.82) is 0 Å². The number of carboxylic acids is 1. The Morgan fingerprint density at radius 2 is 1.73 bits per heavy atom. The van der Waals surface area contributed by atoms with Crippen LogP contribution in [0.15, 0.2) is 36.4 Å². The van der Waals surface area contributed by atoms with Gasteiger partial charge in [-0.25, -0.2) is 9.37 Å². The van der Waals surface area contributed by atoms with E-state index < -0.39 is 17.7 Å². The summed E-state index contributed by atoms with van der Waals surface area (Å²) >= 11 is 0. The summed E-state index contributed by atoms with van der Waals surface area (Å²) in [6.07, 6.45) is 2.98. The van der Waals surface area contributed by atoms with E-state index in [1.54, 1.807) is 13.0 Å². The number of anilines is 2. The highest BCUT2D eigenvalue weighted by atomic mass is 19.1. The van der Waals surface area contributed by atoms with Crippen LogP contribution < -0.4 is 10.1 Å². The Labute approximate surface area is 219 Å². The van der Waals surface area contributed by atoms with Gasteiger partial charge in [0.1, 0.15) is 11.3 Å². The molecule has 7 heteroatoms. The van der Waals surface area contributed by atoms with Crippen LogP contribution in [0, 0.1) is 16.6 Å². The standard InChI is InChI=1S/C30H40FN3O3/c1-18(2)37-22-10-8-20(9-11-22)32-28-33-27-24(13-12-23(26(27)31)19(3)14-25(35)36)34(28)21-15-29(4,5)17-30(6,7)16-21/h8-13,18-19,21H,14-17H2,1-7H3,(H,32,33)(H,35,36). The molecule has 6 nitrogen and oxygen atoms in total. The van der Waals surface area contributed by atoms with Crippen molar-refractivity contribution < 1.29 is 19.0 Å². The van der Waals surface area contributed by atoms with Crippen LogP contribution in [-0.4, -0.2) is 26.7 Å². The number of aromatic nitrogens is 2. The molecule has 2 aromatic carbocycles. The Morgan fingerprint density at radius 1 is 1.11 bits per heavy atom. The fourth-order valence-corrected chi connectivity index (χ4v) is 6.34. The summed E-state index contributed by atoms with van der Waals surface area (Å²) in [6, 6.07) is 11.5. The van der Waals surface area contributed by atoms with Crippen LogP contribution in [0.5, 0.6) is 5.75 Å². The SMILES string of the molecule is CC(C)Oc1ccc(Nc2nc3c(F)c(C(C)CC(=O)O)ccc3n2C2CC(C)(C)CC(C)(C)C2)cc1. The number of aliphatic carboxylic acids is 1. The Balaban J connectivity index is 1.81. The number of hydrogen-bond donors (Lipinski definition) is 2. The summed E-state index contributed by atoms with van der Waals surface area (Å²) in [5.74, 6) is -0.468. The molecular formula is C30H40FN3O3. The van der Waals surface area contributed by atoms with Crippen LogP contribution in [0.4, 0.5) is 16.0 Å². The summed E-state index contributed by atoms with van der Waals surface area (Å²) in [5, 5.41) is 12.7. The predicted octanol–water partition coefficient (Wildman–Crippen LogP) is 8.06. The monoisotopic (exact) mass is 509 g/mol. The third kappa shape index (κ3) is 6.08. The molecule has 0 saturated heterocycles. The third-order valence-electron chi connectivity index (χ3n) is 7.22. The zero-order chi connectivity index (χ0) is 27.1. The third-order valence-corrected chi connectivity index (χ3v) is 7.22. The summed E-state index contributed by atoms with van der Waals surface area (Å²) in [6.45, 7) is 14.9. The molecule has 1 unspecified atom stereocenters. The van der Waals surface area contributed by atoms with E-state index in [1.165, 1.54) is 0 Å². The van der Waals surface area contributed by atoms with Gasteiger partial charge in [0.2, 0.25) is 5.95 Å². The van der Waals surface area contributed by atoms with Gasteiger partial charge in [-0.15, -0.1) is 0 Å². The molecule has 0 bridgehead atoms. The summed E-state index contributed by atoms with van der Waals surface area (Å²) in [4.78, 5) is 16.0. The van der Waals surface area contributed by atoms with Gasteiger partial charge < -0.3 is 19.7 Å². The molecule has 1 aliphatic carbocycles. The number of rotatable bonds is 8. The molecule has 0 spiro atoms. The lowest BCUT2D eigenvalue weighted by Crippen LogP contribution is -2.35. The first kappa shape index (κ1) is 27.0. The first-order valence-electron chi connectivity index (χ1n) is 13.2. The average molecular weight is 510 g/mol. The maximum Gasteiger partial charge on any atom is 0.303 e. The predicted molar refractivity (Wildman–Crippen MR) is 146 cm³/mol. The van der Waals surface area contributed by atoms with Crippen LogP contribution in [0.25, 0.3) is 11.0 Å². The number of fused-ring (bicyclic) bond motifs is 1. The van der Waals surface area contributed by atoms with Crippen molar-refractivity contribution in [3.8, 4) is 5.75 Å². The number of benzene rings is 2. The van der Waals surface area contributed by atoms with Gasteiger partial charge in [0, 0.05) is 11.7 Å². The Hall–Kier alpha value is -3.09. The van der Waals surface area contributed by atoms with Gasteiger partial charge in [-0.05, 0) is 85.8 Å². The number of imidazole rings is 1. The number of nitrogens with one attached hydrogen (secondary N) is 1. The summed E-state index contributed by atoms with van der Waals surface area (Å²) in [7, 11) is 0. The summed E-state index contributed by atoms with van der Waals surface area (Å²) in [5.41, 5.74) is 2.48. The highest BCUT2D eigenvalue weighted by molar-refractivity contribution is 5.82. The van der Waals surface area contributed by atoms with Crippen molar-refractivity contribution in [3.05, 3.63) is 47.8 Å². The lowest BCUT2D eigenvalue weighted by Gasteiger charge is -2.45. The molecule has 1 saturated carbocycles. The molecule has 1 aliphatic rings. The van der Waals surface area contributed by atoms with Crippen molar-refractivity contribution in [2.75, 3.05) is 5.32 Å². The maximum atomic E-state index is 15.8. The second kappa shape index (κ2) is 9.99. The first-order valence-corrected chi connectivity index (χ1v) is 13.2. The molecule has 4 rings (SSSR count). The second-order valence-corrected chi connectivity index (χ2v) is 12.5. The van der Waals surface area contributed by atoms with E-state index in [0.29, 0.717) is 11.5 Å². The number of halogens is 1. The van der Waals surface area contributed by atoms with E-state index in [9.17, 15) is 9.90 Å². The van der Waals surface area contributed by atoms with Gasteiger partial charge in [-0.3, -0.25) is 4.79 Å². The molecule has 1 heterocycles. The topological polar surface area (TPSA) is 76.4 Å². The number of ether oxygens (including phenoxy) is 1. The fourth-order valence-electron chi connectivity index (χ4n) is 6.34. The number of nitrogens with zero attached hydrogens (tertiary/aromatic N) is 2. The van der Waals surface area contributed by atoms with Crippen molar-refractivity contribution in [1.82, 2.24) is 9.55 Å². The zero-order valence-electron chi connectivity index (χ0n) is 23.1. The fraction of sp³-hybridized carbons (Fsp3) is 0.533. The molecular weight excluding hydrogens is 469 g/mol. The molecule has 0 aliphatic heterocycles. The minimum absolute atomic E-state index is 0.0849. The molecule has 1 atom stereocenters. The molecule has 0 amide bonds. The maximum absolute atomic E-state index is 15.8. The Kier molecular flexibility index (Phi) is 7.28. The molecule has 0 radical (unpaired) electrons. The van der Waals surface area contributed by atoms with Gasteiger partial charge >= 0.3 is 5.97 Å². The lowest BCUT2D eigenvalue weighted by atomic mass is 9.63. The average Bonchev–Trinajstić information content (AvgIpc) is 3.11. The number of carbonyl (C=O) groups is 1. The van der Waals surface area contributed by atoms with Crippen LogP contribution in [0.3, 0.4) is 0 Å². The van der Waals surface area contributed by atoms with Gasteiger partial charge in [-0.2, -0.15) is 0 Å². The normalized spacial score (nSPS) is 18.2. The van der Waals surface area contributed by atoms with Crippen LogP contribution >= 0.6 is 0 Å². The highest BCUT2D eigenvalue weighted by Gasteiger charge is 2.40. The second-order valence-electron chi connectivity index (χ2n) is 12.5. The summed E-state index contributed by atoms with van der Waals surface area (Å²) < 4.78 is 23.8. The lowest BCUT2D eigenvalue weighted by molar-refractivity contribution is -0.137. The van der Waals surface area contributed by atoms with Gasteiger partial charge in [0.15, 0.2) is 5.82 Å². The zero-order valence-corrected chi connectivity index (χ0v) is 23.1. The van der Waals surface area contributed by atoms with E-state index in [2.05, 4.69) is 37.6 Å². The number of hydrogen-bond acceptors (Lipinski definition) is 4. The van der Waals surface area contributed by atoms with E-state index in [1.807, 2.05) is 44.2 Å². The molecule has 2 N–H and O–H groups in total. The molecule has 1 fully saturated rings. The van der Waals surface area contributed by atoms with Crippen LogP contribution in [0.2, 0.25) is 0 Å². The molecule has 200 valence electrons. The minimum atomic E-state index is -0.948. The largest absolute Gasteiger partial charge is 0.491 e. The molecule has 3 aromatic rings. The Morgan fingerprint density at radius 3 is 2.30 bits per heavy atom. The number of carboxylic acid groups (broad SMARTS) is 1. The van der Waals surface area contributed by atoms with E-state index >= 15 is 4.39 Å². The van der Waals surface area contributed by atoms with Gasteiger partial charge in [-0.1, -0.05) is 40.7 Å². The van der Waals surface area contributed by atoms with Crippen LogP contribution in [-0.2, 0) is 4.79 Å². The van der Waals surface area contributed by atoms with Gasteiger partial charge in [0.05, 0.1) is 18.0 Å². The molecule has 37 heavy (non-hydrogen) atoms. The molecule has 1 aromatic heterocycles. The van der Waals surface area contributed by atoms with Crippen molar-refractivity contribution in [3.63, 3.8) is 0 Å². The smallest absolute Gasteiger partial charge is 0.303 e. The Bertz CT molecular complexity index is 1260. The van der Waals surface area contributed by atoms with E-state index in [-0.39, 0.29) is 34.9 Å². The van der Waals surface area contributed by atoms with E-state index in [4.69, 9.17) is 9.72 Å². The van der Waals surface area contributed by atoms with Crippen LogP contribution in [0.1, 0.15) is 91.7 Å². The highest BCUT2D eigenvalue weighted by Crippen LogP contribution is 2.51.